The number of benzene rings is 2. The molecule has 0 radical (unpaired) electrons. The number of rotatable bonds is 9. The number of carbonyl (C=O) groups is 3. The number of phenolic OH excluding ortho intramolecular Hbond substituents is 1. The van der Waals surface area contributed by atoms with E-state index in [4.69, 9.17) is 14.2 Å². The number of ketones is 1. The van der Waals surface area contributed by atoms with E-state index >= 15 is 0 Å². The zero-order valence-electron chi connectivity index (χ0n) is 22.4. The van der Waals surface area contributed by atoms with Gasteiger partial charge < -0.3 is 24.4 Å². The second-order valence-corrected chi connectivity index (χ2v) is 9.79. The predicted molar refractivity (Wildman–Crippen MR) is 149 cm³/mol. The van der Waals surface area contributed by atoms with Crippen LogP contribution in [-0.4, -0.2) is 53.2 Å². The second-order valence-electron chi connectivity index (χ2n) is 8.81. The SMILES string of the molecule is C=CCOC(=O)c1sc(N2C(=O)C(=O)/C(=C(/O)c3ccc(OC)cc3C)[C@@H]2c2ccc(O)c(OCC)c2)nc1C. The molecule has 0 aliphatic carbocycles. The normalized spacial score (nSPS) is 16.2. The van der Waals surface area contributed by atoms with E-state index in [0.29, 0.717) is 28.1 Å². The summed E-state index contributed by atoms with van der Waals surface area (Å²) >= 11 is 0.886. The summed E-state index contributed by atoms with van der Waals surface area (Å²) < 4.78 is 15.9. The molecule has 4 rings (SSSR count). The van der Waals surface area contributed by atoms with Crippen molar-refractivity contribution in [3.05, 3.63) is 81.9 Å². The highest BCUT2D eigenvalue weighted by Gasteiger charge is 2.48. The molecule has 0 bridgehead atoms. The molecule has 10 nitrogen and oxygen atoms in total. The molecule has 0 saturated carbocycles. The Kier molecular flexibility index (Phi) is 8.24. The molecule has 2 N–H and O–H groups in total. The van der Waals surface area contributed by atoms with Crippen molar-refractivity contribution in [2.45, 2.75) is 26.8 Å². The van der Waals surface area contributed by atoms with E-state index in [1.54, 1.807) is 39.0 Å². The fourth-order valence-electron chi connectivity index (χ4n) is 4.37. The molecule has 0 spiro atoms. The van der Waals surface area contributed by atoms with Gasteiger partial charge in [-0.25, -0.2) is 9.78 Å². The zero-order chi connectivity index (χ0) is 29.1. The molecule has 1 fully saturated rings. The van der Waals surface area contributed by atoms with Gasteiger partial charge in [0.2, 0.25) is 0 Å². The van der Waals surface area contributed by atoms with Gasteiger partial charge in [-0.2, -0.15) is 0 Å². The number of ether oxygens (including phenoxy) is 3. The minimum atomic E-state index is -1.15. The number of carbonyl (C=O) groups excluding carboxylic acids is 3. The lowest BCUT2D eigenvalue weighted by molar-refractivity contribution is -0.132. The monoisotopic (exact) mass is 564 g/mol. The van der Waals surface area contributed by atoms with Crippen molar-refractivity contribution in [3.63, 3.8) is 0 Å². The maximum absolute atomic E-state index is 13.5. The number of hydrogen-bond donors (Lipinski definition) is 2. The number of Topliss-reactive ketones (excluding diaryl/α,β-unsaturated/α-hetero) is 1. The average Bonchev–Trinajstić information content (AvgIpc) is 3.44. The minimum absolute atomic E-state index is 0.00898. The molecule has 1 atom stereocenters. The van der Waals surface area contributed by atoms with Gasteiger partial charge in [-0.15, -0.1) is 0 Å². The molecule has 208 valence electrons. The number of aromatic nitrogens is 1. The van der Waals surface area contributed by atoms with Crippen LogP contribution in [0.25, 0.3) is 5.76 Å². The van der Waals surface area contributed by atoms with Crippen LogP contribution in [0.15, 0.2) is 54.6 Å². The van der Waals surface area contributed by atoms with Crippen LogP contribution in [0.1, 0.15) is 45.0 Å². The van der Waals surface area contributed by atoms with Gasteiger partial charge in [0.25, 0.3) is 5.78 Å². The lowest BCUT2D eigenvalue weighted by atomic mass is 9.93. The first kappa shape index (κ1) is 28.4. The Labute approximate surface area is 234 Å². The Hall–Kier alpha value is -4.64. The van der Waals surface area contributed by atoms with E-state index in [2.05, 4.69) is 11.6 Å². The lowest BCUT2D eigenvalue weighted by Gasteiger charge is -2.24. The average molecular weight is 565 g/mol. The third kappa shape index (κ3) is 5.15. The summed E-state index contributed by atoms with van der Waals surface area (Å²) in [6.45, 7) is 8.84. The van der Waals surface area contributed by atoms with Crippen LogP contribution in [0, 0.1) is 13.8 Å². The highest BCUT2D eigenvalue weighted by Crippen LogP contribution is 2.45. The number of thiazole rings is 1. The van der Waals surface area contributed by atoms with E-state index in [0.717, 1.165) is 16.2 Å². The van der Waals surface area contributed by atoms with E-state index in [1.165, 1.54) is 31.4 Å². The predicted octanol–water partition coefficient (Wildman–Crippen LogP) is 4.84. The van der Waals surface area contributed by atoms with Crippen molar-refractivity contribution < 1.29 is 38.8 Å². The van der Waals surface area contributed by atoms with Crippen LogP contribution in [0.5, 0.6) is 17.2 Å². The van der Waals surface area contributed by atoms with E-state index < -0.39 is 29.5 Å². The summed E-state index contributed by atoms with van der Waals surface area (Å²) in [6.07, 6.45) is 1.43. The van der Waals surface area contributed by atoms with Gasteiger partial charge >= 0.3 is 11.9 Å². The van der Waals surface area contributed by atoms with Crippen molar-refractivity contribution in [3.8, 4) is 17.2 Å². The van der Waals surface area contributed by atoms with Crippen LogP contribution in [0.3, 0.4) is 0 Å². The number of aryl methyl sites for hydroxylation is 2. The first-order valence-corrected chi connectivity index (χ1v) is 13.1. The summed E-state index contributed by atoms with van der Waals surface area (Å²) in [5.41, 5.74) is 1.43. The van der Waals surface area contributed by atoms with Crippen LogP contribution in [0.2, 0.25) is 0 Å². The van der Waals surface area contributed by atoms with Crippen molar-refractivity contribution in [2.24, 2.45) is 0 Å². The van der Waals surface area contributed by atoms with Crippen LogP contribution >= 0.6 is 11.3 Å². The van der Waals surface area contributed by atoms with Crippen molar-refractivity contribution >= 4 is 39.9 Å². The van der Waals surface area contributed by atoms with Gasteiger partial charge in [0.05, 0.1) is 31.0 Å². The molecule has 1 amide bonds. The van der Waals surface area contributed by atoms with Gasteiger partial charge in [-0.05, 0) is 62.2 Å². The Morgan fingerprint density at radius 3 is 2.60 bits per heavy atom. The van der Waals surface area contributed by atoms with Crippen LogP contribution in [-0.2, 0) is 14.3 Å². The maximum atomic E-state index is 13.5. The largest absolute Gasteiger partial charge is 0.507 e. The number of aliphatic hydroxyl groups excluding tert-OH is 1. The summed E-state index contributed by atoms with van der Waals surface area (Å²) in [4.78, 5) is 45.3. The summed E-state index contributed by atoms with van der Waals surface area (Å²) in [5.74, 6) is -2.36. The summed E-state index contributed by atoms with van der Waals surface area (Å²) in [5, 5.41) is 21.8. The Balaban J connectivity index is 1.94. The molecular formula is C29H28N2O8S. The summed E-state index contributed by atoms with van der Waals surface area (Å²) in [6, 6.07) is 8.17. The fraction of sp³-hybridized carbons (Fsp3) is 0.241. The molecule has 11 heteroatoms. The molecule has 2 heterocycles. The number of aromatic hydroxyl groups is 1. The molecule has 1 aliphatic rings. The van der Waals surface area contributed by atoms with Gasteiger partial charge in [0, 0.05) is 5.56 Å². The quantitative estimate of drug-likeness (QED) is 0.123. The lowest BCUT2D eigenvalue weighted by Crippen LogP contribution is -2.29. The first-order chi connectivity index (χ1) is 19.1. The number of hydrogen-bond acceptors (Lipinski definition) is 10. The van der Waals surface area contributed by atoms with Gasteiger partial charge in [0.1, 0.15) is 23.0 Å². The molecule has 2 aromatic carbocycles. The zero-order valence-corrected chi connectivity index (χ0v) is 23.2. The maximum Gasteiger partial charge on any atom is 0.350 e. The van der Waals surface area contributed by atoms with E-state index in [9.17, 15) is 24.6 Å². The minimum Gasteiger partial charge on any atom is -0.507 e. The molecule has 0 unspecified atom stereocenters. The summed E-state index contributed by atoms with van der Waals surface area (Å²) in [7, 11) is 1.51. The third-order valence-electron chi connectivity index (χ3n) is 6.24. The van der Waals surface area contributed by atoms with Crippen molar-refractivity contribution in [2.75, 3.05) is 25.2 Å². The smallest absolute Gasteiger partial charge is 0.350 e. The molecule has 1 aromatic heterocycles. The fourth-order valence-corrected chi connectivity index (χ4v) is 5.35. The second kappa shape index (κ2) is 11.6. The number of phenols is 1. The molecule has 40 heavy (non-hydrogen) atoms. The third-order valence-corrected chi connectivity index (χ3v) is 7.38. The van der Waals surface area contributed by atoms with Crippen LogP contribution in [0.4, 0.5) is 5.13 Å². The number of methoxy groups -OCH3 is 1. The number of aliphatic hydroxyl groups is 1. The highest BCUT2D eigenvalue weighted by atomic mass is 32.1. The number of amides is 1. The Morgan fingerprint density at radius 2 is 1.95 bits per heavy atom. The van der Waals surface area contributed by atoms with Gasteiger partial charge in [-0.3, -0.25) is 14.5 Å². The Morgan fingerprint density at radius 1 is 1.20 bits per heavy atom. The van der Waals surface area contributed by atoms with Crippen molar-refractivity contribution in [1.29, 1.82) is 0 Å². The number of anilines is 1. The first-order valence-electron chi connectivity index (χ1n) is 12.3. The van der Waals surface area contributed by atoms with Gasteiger partial charge in [0.15, 0.2) is 16.6 Å². The highest BCUT2D eigenvalue weighted by molar-refractivity contribution is 7.17. The molecule has 1 saturated heterocycles. The number of esters is 1. The molecule has 1 aliphatic heterocycles. The van der Waals surface area contributed by atoms with Gasteiger partial charge in [-0.1, -0.05) is 30.1 Å². The standard InChI is InChI=1S/C29H28N2O8S/c1-6-12-39-28(36)26-16(4)30-29(40-26)31-23(17-8-11-20(32)21(14-17)38-7-2)22(25(34)27(31)35)24(33)19-10-9-18(37-5)13-15(19)3/h6,8-11,13-14,23,32-33H,1,7,12H2,2-5H3/b24-22+/t23-/m0/s1. The molecular weight excluding hydrogens is 536 g/mol. The van der Waals surface area contributed by atoms with E-state index in [-0.39, 0.29) is 40.3 Å². The van der Waals surface area contributed by atoms with Crippen LogP contribution < -0.4 is 14.4 Å². The van der Waals surface area contributed by atoms with Crippen molar-refractivity contribution in [1.82, 2.24) is 4.98 Å². The molecule has 3 aromatic rings. The topological polar surface area (TPSA) is 135 Å². The Bertz CT molecular complexity index is 1540. The van der Waals surface area contributed by atoms with E-state index in [1.807, 2.05) is 0 Å². The number of nitrogens with zero attached hydrogens (tertiary/aromatic N) is 2.